The molecule has 0 saturated carbocycles. The fraction of sp³-hybridized carbons (Fsp3) is 0.444. The Morgan fingerprint density at radius 1 is 0.750 bits per heavy atom. The fourth-order valence-electron chi connectivity index (χ4n) is 3.06. The molecule has 0 spiro atoms. The molecule has 2 aromatic heterocycles. The second kappa shape index (κ2) is 6.95. The number of ether oxygens (including phenoxy) is 2. The van der Waals surface area contributed by atoms with Crippen LogP contribution in [0.5, 0.6) is 0 Å². The molecule has 2 heterocycles. The maximum absolute atomic E-state index is 12.1. The molecule has 0 radical (unpaired) electrons. The van der Waals surface area contributed by atoms with Gasteiger partial charge in [-0.25, -0.2) is 9.59 Å². The molecule has 0 fully saturated rings. The third-order valence-electron chi connectivity index (χ3n) is 4.08. The minimum atomic E-state index is -0.374. The summed E-state index contributed by atoms with van der Waals surface area (Å²) in [6.45, 7) is 11.7. The van der Waals surface area contributed by atoms with Crippen LogP contribution in [0.4, 0.5) is 0 Å². The molecule has 0 atom stereocenters. The van der Waals surface area contributed by atoms with E-state index in [2.05, 4.69) is 9.97 Å². The van der Waals surface area contributed by atoms with Crippen molar-refractivity contribution in [3.8, 4) is 11.1 Å². The van der Waals surface area contributed by atoms with Gasteiger partial charge in [0.1, 0.15) is 11.4 Å². The molecule has 0 aliphatic carbocycles. The molecule has 0 aromatic carbocycles. The first-order valence-electron chi connectivity index (χ1n) is 8.06. The molecular weight excluding hydrogens is 308 g/mol. The minimum Gasteiger partial charge on any atom is -0.461 e. The zero-order valence-electron chi connectivity index (χ0n) is 15.0. The van der Waals surface area contributed by atoms with E-state index in [9.17, 15) is 9.59 Å². The zero-order valence-corrected chi connectivity index (χ0v) is 15.0. The SMILES string of the molecule is CCOC(=O)c1[nH]c(C)c(-c2c(C)[nH]c(C(=O)OCC)c2C)c1C. The van der Waals surface area contributed by atoms with Crippen LogP contribution in [0.2, 0.25) is 0 Å². The van der Waals surface area contributed by atoms with Crippen LogP contribution in [0.25, 0.3) is 11.1 Å². The summed E-state index contributed by atoms with van der Waals surface area (Å²) in [5.41, 5.74) is 6.06. The van der Waals surface area contributed by atoms with Crippen LogP contribution in [0.15, 0.2) is 0 Å². The number of rotatable bonds is 5. The Kier molecular flexibility index (Phi) is 5.17. The smallest absolute Gasteiger partial charge is 0.355 e. The molecule has 6 heteroatoms. The number of hydrogen-bond acceptors (Lipinski definition) is 4. The quantitative estimate of drug-likeness (QED) is 0.819. The number of H-pyrrole nitrogens is 2. The van der Waals surface area contributed by atoms with Crippen LogP contribution in [-0.4, -0.2) is 35.1 Å². The Hall–Kier alpha value is -2.50. The summed E-state index contributed by atoms with van der Waals surface area (Å²) in [4.78, 5) is 30.4. The van der Waals surface area contributed by atoms with Crippen LogP contribution in [0.1, 0.15) is 57.3 Å². The summed E-state index contributed by atoms with van der Waals surface area (Å²) < 4.78 is 10.2. The lowest BCUT2D eigenvalue weighted by Crippen LogP contribution is -2.07. The molecule has 24 heavy (non-hydrogen) atoms. The molecule has 6 nitrogen and oxygen atoms in total. The second-order valence-electron chi connectivity index (χ2n) is 5.69. The van der Waals surface area contributed by atoms with Gasteiger partial charge in [0, 0.05) is 22.5 Å². The third kappa shape index (κ3) is 2.96. The van der Waals surface area contributed by atoms with E-state index in [1.54, 1.807) is 13.8 Å². The molecule has 130 valence electrons. The van der Waals surface area contributed by atoms with Crippen molar-refractivity contribution in [2.24, 2.45) is 0 Å². The molecule has 0 unspecified atom stereocenters. The first kappa shape index (κ1) is 17.8. The van der Waals surface area contributed by atoms with E-state index >= 15 is 0 Å². The normalized spacial score (nSPS) is 10.8. The van der Waals surface area contributed by atoms with Crippen LogP contribution in [0.3, 0.4) is 0 Å². The fourth-order valence-corrected chi connectivity index (χ4v) is 3.06. The lowest BCUT2D eigenvalue weighted by molar-refractivity contribution is 0.0509. The van der Waals surface area contributed by atoms with E-state index in [1.165, 1.54) is 0 Å². The number of carbonyl (C=O) groups excluding carboxylic acids is 2. The van der Waals surface area contributed by atoms with Crippen LogP contribution < -0.4 is 0 Å². The van der Waals surface area contributed by atoms with Crippen molar-refractivity contribution in [3.63, 3.8) is 0 Å². The maximum Gasteiger partial charge on any atom is 0.355 e. The van der Waals surface area contributed by atoms with Gasteiger partial charge < -0.3 is 19.4 Å². The summed E-state index contributed by atoms with van der Waals surface area (Å²) in [5, 5.41) is 0. The monoisotopic (exact) mass is 332 g/mol. The third-order valence-corrected chi connectivity index (χ3v) is 4.08. The van der Waals surface area contributed by atoms with Gasteiger partial charge in [-0.05, 0) is 52.7 Å². The van der Waals surface area contributed by atoms with Gasteiger partial charge in [0.15, 0.2) is 0 Å². The van der Waals surface area contributed by atoms with Gasteiger partial charge in [0.2, 0.25) is 0 Å². The van der Waals surface area contributed by atoms with E-state index in [0.29, 0.717) is 24.6 Å². The zero-order chi connectivity index (χ0) is 18.0. The molecule has 2 rings (SSSR count). The summed E-state index contributed by atoms with van der Waals surface area (Å²) in [6.07, 6.45) is 0. The number of aromatic nitrogens is 2. The largest absolute Gasteiger partial charge is 0.461 e. The summed E-state index contributed by atoms with van der Waals surface area (Å²) in [5.74, 6) is -0.749. The topological polar surface area (TPSA) is 84.2 Å². The Bertz CT molecular complexity index is 717. The van der Waals surface area contributed by atoms with E-state index in [0.717, 1.165) is 33.6 Å². The van der Waals surface area contributed by atoms with Crippen LogP contribution in [-0.2, 0) is 9.47 Å². The van der Waals surface area contributed by atoms with E-state index in [1.807, 2.05) is 27.7 Å². The van der Waals surface area contributed by atoms with Crippen molar-refractivity contribution < 1.29 is 19.1 Å². The number of esters is 2. The highest BCUT2D eigenvalue weighted by molar-refractivity contribution is 5.96. The summed E-state index contributed by atoms with van der Waals surface area (Å²) in [6, 6.07) is 0. The molecule has 0 aliphatic rings. The second-order valence-corrected chi connectivity index (χ2v) is 5.69. The average molecular weight is 332 g/mol. The van der Waals surface area contributed by atoms with Crippen molar-refractivity contribution in [1.29, 1.82) is 0 Å². The lowest BCUT2D eigenvalue weighted by Gasteiger charge is -2.06. The highest BCUT2D eigenvalue weighted by atomic mass is 16.5. The van der Waals surface area contributed by atoms with Crippen molar-refractivity contribution in [1.82, 2.24) is 9.97 Å². The lowest BCUT2D eigenvalue weighted by atomic mass is 9.97. The number of nitrogens with one attached hydrogen (secondary N) is 2. The van der Waals surface area contributed by atoms with Gasteiger partial charge in [-0.1, -0.05) is 0 Å². The first-order valence-corrected chi connectivity index (χ1v) is 8.06. The number of carbonyl (C=O) groups is 2. The van der Waals surface area contributed by atoms with E-state index in [4.69, 9.17) is 9.47 Å². The highest BCUT2D eigenvalue weighted by Gasteiger charge is 2.25. The molecule has 2 aromatic rings. The highest BCUT2D eigenvalue weighted by Crippen LogP contribution is 2.36. The van der Waals surface area contributed by atoms with Gasteiger partial charge in [-0.15, -0.1) is 0 Å². The minimum absolute atomic E-state index is 0.320. The molecule has 2 N–H and O–H groups in total. The number of hydrogen-bond donors (Lipinski definition) is 2. The van der Waals surface area contributed by atoms with Crippen molar-refractivity contribution in [2.75, 3.05) is 13.2 Å². The van der Waals surface area contributed by atoms with Crippen molar-refractivity contribution in [3.05, 3.63) is 33.9 Å². The Morgan fingerprint density at radius 3 is 1.38 bits per heavy atom. The first-order chi connectivity index (χ1) is 11.3. The number of aromatic amines is 2. The predicted octanol–water partition coefficient (Wildman–Crippen LogP) is 3.60. The molecule has 0 bridgehead atoms. The Labute approximate surface area is 141 Å². The molecule has 0 saturated heterocycles. The van der Waals surface area contributed by atoms with Gasteiger partial charge in [-0.3, -0.25) is 0 Å². The maximum atomic E-state index is 12.1. The molecule has 0 aliphatic heterocycles. The van der Waals surface area contributed by atoms with Gasteiger partial charge in [0.05, 0.1) is 13.2 Å². The average Bonchev–Trinajstić information content (AvgIpc) is 2.96. The Morgan fingerprint density at radius 2 is 1.08 bits per heavy atom. The van der Waals surface area contributed by atoms with E-state index < -0.39 is 0 Å². The molecular formula is C18H24N2O4. The van der Waals surface area contributed by atoms with E-state index in [-0.39, 0.29) is 11.9 Å². The van der Waals surface area contributed by atoms with Crippen molar-refractivity contribution >= 4 is 11.9 Å². The van der Waals surface area contributed by atoms with Gasteiger partial charge in [-0.2, -0.15) is 0 Å². The summed E-state index contributed by atoms with van der Waals surface area (Å²) >= 11 is 0. The van der Waals surface area contributed by atoms with Crippen molar-refractivity contribution in [2.45, 2.75) is 41.5 Å². The number of aryl methyl sites for hydroxylation is 2. The predicted molar refractivity (Wildman–Crippen MR) is 91.4 cm³/mol. The van der Waals surface area contributed by atoms with Crippen LogP contribution >= 0.6 is 0 Å². The Balaban J connectivity index is 2.58. The van der Waals surface area contributed by atoms with Crippen LogP contribution in [0, 0.1) is 27.7 Å². The van der Waals surface area contributed by atoms with Gasteiger partial charge >= 0.3 is 11.9 Å². The van der Waals surface area contributed by atoms with Gasteiger partial charge in [0.25, 0.3) is 0 Å². The summed E-state index contributed by atoms with van der Waals surface area (Å²) in [7, 11) is 0. The molecule has 0 amide bonds. The standard InChI is InChI=1S/C18H24N2O4/c1-7-23-17(21)15-9(3)13(11(5)19-15)14-10(4)16(20-12(14)6)18(22)24-8-2/h19-20H,7-8H2,1-6H3.